The van der Waals surface area contributed by atoms with E-state index in [-0.39, 0.29) is 17.8 Å². The molecule has 2 aliphatic heterocycles. The molecule has 114 valence electrons. The van der Waals surface area contributed by atoms with Crippen molar-refractivity contribution in [1.29, 1.82) is 0 Å². The number of rotatable bonds is 4. The molecule has 0 spiro atoms. The monoisotopic (exact) mass is 282 g/mol. The summed E-state index contributed by atoms with van der Waals surface area (Å²) < 4.78 is 0. The van der Waals surface area contributed by atoms with Crippen molar-refractivity contribution in [2.75, 3.05) is 13.1 Å². The molecule has 6 heteroatoms. The maximum Gasteiger partial charge on any atom is 0.233 e. The van der Waals surface area contributed by atoms with Crippen molar-refractivity contribution in [1.82, 2.24) is 10.2 Å². The van der Waals surface area contributed by atoms with Gasteiger partial charge in [0.1, 0.15) is 5.41 Å². The first-order valence-electron chi connectivity index (χ1n) is 7.54. The number of hydrogen-bond donors (Lipinski definition) is 3. The van der Waals surface area contributed by atoms with Gasteiger partial charge in [0.2, 0.25) is 5.91 Å². The number of nitrogens with one attached hydrogen (secondary N) is 1. The Bertz CT molecular complexity index is 399. The lowest BCUT2D eigenvalue weighted by molar-refractivity contribution is -0.128. The van der Waals surface area contributed by atoms with Crippen LogP contribution < -0.4 is 11.1 Å². The first-order valence-corrected chi connectivity index (χ1v) is 7.54. The van der Waals surface area contributed by atoms with Gasteiger partial charge in [-0.2, -0.15) is 0 Å². The minimum Gasteiger partial charge on any atom is -0.409 e. The summed E-state index contributed by atoms with van der Waals surface area (Å²) >= 11 is 0. The second kappa shape index (κ2) is 5.99. The molecule has 6 nitrogen and oxygen atoms in total. The molecule has 2 fully saturated rings. The normalized spacial score (nSPS) is 30.6. The summed E-state index contributed by atoms with van der Waals surface area (Å²) in [6, 6.07) is 0.824. The molecule has 3 atom stereocenters. The summed E-state index contributed by atoms with van der Waals surface area (Å²) in [6.45, 7) is 5.85. The van der Waals surface area contributed by atoms with Gasteiger partial charge in [0.05, 0.1) is 0 Å². The standard InChI is InChI=1S/C14H26N4O2/c1-3-14(2,12(15)17-20)13(19)16-10-6-8-18-7-4-5-11(18)9-10/h10-11,20H,3-9H2,1-2H3,(H2,15,17)(H,16,19). The molecule has 0 aliphatic carbocycles. The summed E-state index contributed by atoms with van der Waals surface area (Å²) in [5, 5.41) is 15.0. The fourth-order valence-electron chi connectivity index (χ4n) is 3.27. The van der Waals surface area contributed by atoms with Gasteiger partial charge < -0.3 is 21.2 Å². The fraction of sp³-hybridized carbons (Fsp3) is 0.857. The van der Waals surface area contributed by atoms with E-state index < -0.39 is 5.41 Å². The third-order valence-corrected chi connectivity index (χ3v) is 5.04. The van der Waals surface area contributed by atoms with Crippen LogP contribution in [-0.2, 0) is 4.79 Å². The number of fused-ring (bicyclic) bond motifs is 1. The molecule has 2 saturated heterocycles. The van der Waals surface area contributed by atoms with Gasteiger partial charge in [0.15, 0.2) is 5.84 Å². The van der Waals surface area contributed by atoms with Crippen molar-refractivity contribution < 1.29 is 10.0 Å². The van der Waals surface area contributed by atoms with Crippen molar-refractivity contribution >= 4 is 11.7 Å². The summed E-state index contributed by atoms with van der Waals surface area (Å²) in [5.74, 6) is -0.150. The molecule has 0 aromatic rings. The highest BCUT2D eigenvalue weighted by Crippen LogP contribution is 2.28. The fourth-order valence-corrected chi connectivity index (χ4v) is 3.27. The first kappa shape index (κ1) is 15.1. The van der Waals surface area contributed by atoms with Crippen LogP contribution in [0.25, 0.3) is 0 Å². The van der Waals surface area contributed by atoms with Gasteiger partial charge >= 0.3 is 0 Å². The molecule has 20 heavy (non-hydrogen) atoms. The number of oxime groups is 1. The molecular weight excluding hydrogens is 256 g/mol. The third-order valence-electron chi connectivity index (χ3n) is 5.04. The molecule has 0 bridgehead atoms. The van der Waals surface area contributed by atoms with Gasteiger partial charge in [-0.1, -0.05) is 12.1 Å². The maximum atomic E-state index is 12.5. The largest absolute Gasteiger partial charge is 0.409 e. The lowest BCUT2D eigenvalue weighted by atomic mass is 9.84. The van der Waals surface area contributed by atoms with Gasteiger partial charge in [-0.25, -0.2) is 0 Å². The van der Waals surface area contributed by atoms with Crippen molar-refractivity contribution in [3.05, 3.63) is 0 Å². The molecule has 0 radical (unpaired) electrons. The van der Waals surface area contributed by atoms with Gasteiger partial charge in [-0.05, 0) is 45.6 Å². The van der Waals surface area contributed by atoms with Crippen molar-refractivity contribution in [2.24, 2.45) is 16.3 Å². The Morgan fingerprint density at radius 2 is 2.25 bits per heavy atom. The summed E-state index contributed by atoms with van der Waals surface area (Å²) in [6.07, 6.45) is 5.01. The van der Waals surface area contributed by atoms with E-state index in [1.807, 2.05) is 6.92 Å². The minimum atomic E-state index is -0.929. The molecule has 2 rings (SSSR count). The Morgan fingerprint density at radius 3 is 2.90 bits per heavy atom. The average molecular weight is 282 g/mol. The second-order valence-electron chi connectivity index (χ2n) is 6.20. The van der Waals surface area contributed by atoms with E-state index in [2.05, 4.69) is 15.4 Å². The number of carbonyl (C=O) groups is 1. The molecule has 0 saturated carbocycles. The number of hydrogen-bond acceptors (Lipinski definition) is 4. The number of piperidine rings is 1. The molecule has 1 amide bonds. The van der Waals surface area contributed by atoms with E-state index in [1.165, 1.54) is 19.4 Å². The Labute approximate surface area is 120 Å². The van der Waals surface area contributed by atoms with Crippen LogP contribution in [0.2, 0.25) is 0 Å². The predicted octanol–water partition coefficient (Wildman–Crippen LogP) is 0.892. The first-order chi connectivity index (χ1) is 9.51. The third kappa shape index (κ3) is 2.75. The average Bonchev–Trinajstić information content (AvgIpc) is 2.92. The van der Waals surface area contributed by atoms with Crippen molar-refractivity contribution in [2.45, 2.75) is 58.0 Å². The number of nitrogens with two attached hydrogens (primary N) is 1. The summed E-state index contributed by atoms with van der Waals surface area (Å²) in [4.78, 5) is 15.0. The van der Waals surface area contributed by atoms with E-state index in [0.717, 1.165) is 19.4 Å². The minimum absolute atomic E-state index is 0.0178. The topological polar surface area (TPSA) is 91.0 Å². The smallest absolute Gasteiger partial charge is 0.233 e. The second-order valence-corrected chi connectivity index (χ2v) is 6.20. The Morgan fingerprint density at radius 1 is 1.50 bits per heavy atom. The van der Waals surface area contributed by atoms with E-state index in [4.69, 9.17) is 10.9 Å². The van der Waals surface area contributed by atoms with E-state index in [0.29, 0.717) is 12.5 Å². The summed E-state index contributed by atoms with van der Waals surface area (Å²) in [7, 11) is 0. The molecule has 4 N–H and O–H groups in total. The Kier molecular flexibility index (Phi) is 4.52. The predicted molar refractivity (Wildman–Crippen MR) is 77.6 cm³/mol. The highest BCUT2D eigenvalue weighted by atomic mass is 16.4. The highest BCUT2D eigenvalue weighted by Gasteiger charge is 2.39. The molecular formula is C14H26N4O2. The molecule has 2 heterocycles. The summed E-state index contributed by atoms with van der Waals surface area (Å²) in [5.41, 5.74) is 4.76. The number of carbonyl (C=O) groups excluding carboxylic acids is 1. The van der Waals surface area contributed by atoms with E-state index in [1.54, 1.807) is 6.92 Å². The van der Waals surface area contributed by atoms with Crippen LogP contribution in [0.3, 0.4) is 0 Å². The van der Waals surface area contributed by atoms with Gasteiger partial charge in [-0.3, -0.25) is 4.79 Å². The van der Waals surface area contributed by atoms with Crippen LogP contribution in [0.4, 0.5) is 0 Å². The SMILES string of the molecule is CCC(C)(C(=O)NC1CCN2CCCC2C1)C(N)=NO. The van der Waals surface area contributed by atoms with E-state index in [9.17, 15) is 4.79 Å². The quantitative estimate of drug-likeness (QED) is 0.309. The van der Waals surface area contributed by atoms with Crippen LogP contribution >= 0.6 is 0 Å². The molecule has 0 aromatic carbocycles. The van der Waals surface area contributed by atoms with Gasteiger partial charge in [0, 0.05) is 18.6 Å². The van der Waals surface area contributed by atoms with Crippen molar-refractivity contribution in [3.8, 4) is 0 Å². The highest BCUT2D eigenvalue weighted by molar-refractivity contribution is 6.06. The van der Waals surface area contributed by atoms with Crippen LogP contribution in [0.1, 0.15) is 46.0 Å². The lowest BCUT2D eigenvalue weighted by Gasteiger charge is -2.37. The van der Waals surface area contributed by atoms with Crippen LogP contribution in [0, 0.1) is 5.41 Å². The molecule has 2 aliphatic rings. The van der Waals surface area contributed by atoms with E-state index >= 15 is 0 Å². The number of nitrogens with zero attached hydrogens (tertiary/aromatic N) is 2. The van der Waals surface area contributed by atoms with Crippen LogP contribution in [0.15, 0.2) is 5.16 Å². The number of amidine groups is 1. The maximum absolute atomic E-state index is 12.5. The zero-order chi connectivity index (χ0) is 14.8. The lowest BCUT2D eigenvalue weighted by Crippen LogP contribution is -2.53. The van der Waals surface area contributed by atoms with Crippen molar-refractivity contribution in [3.63, 3.8) is 0 Å². The Hall–Kier alpha value is -1.30. The van der Waals surface area contributed by atoms with Gasteiger partial charge in [0.25, 0.3) is 0 Å². The molecule has 0 aromatic heterocycles. The van der Waals surface area contributed by atoms with Crippen LogP contribution in [0.5, 0.6) is 0 Å². The Balaban J connectivity index is 1.97. The molecule has 3 unspecified atom stereocenters. The zero-order valence-corrected chi connectivity index (χ0v) is 12.4. The van der Waals surface area contributed by atoms with Crippen LogP contribution in [-0.4, -0.2) is 47.0 Å². The number of amides is 1. The zero-order valence-electron chi connectivity index (χ0n) is 12.4. The van der Waals surface area contributed by atoms with Gasteiger partial charge in [-0.15, -0.1) is 0 Å².